The van der Waals surface area contributed by atoms with Crippen LogP contribution in [0.4, 0.5) is 0 Å². The number of benzene rings is 1. The van der Waals surface area contributed by atoms with Gasteiger partial charge in [-0.15, -0.1) is 0 Å². The van der Waals surface area contributed by atoms with Crippen LogP contribution in [0.1, 0.15) is 36.9 Å². The minimum atomic E-state index is -0.268. The van der Waals surface area contributed by atoms with Crippen molar-refractivity contribution in [3.63, 3.8) is 0 Å². The van der Waals surface area contributed by atoms with E-state index >= 15 is 0 Å². The molecule has 154 valence electrons. The molecule has 5 nitrogen and oxygen atoms in total. The summed E-state index contributed by atoms with van der Waals surface area (Å²) in [6.45, 7) is 4.72. The highest BCUT2D eigenvalue weighted by Crippen LogP contribution is 2.50. The maximum Gasteiger partial charge on any atom is 0.233 e. The first-order valence-electron chi connectivity index (χ1n) is 10.9. The molecule has 0 N–H and O–H groups in total. The van der Waals surface area contributed by atoms with Crippen LogP contribution in [0, 0.1) is 12.8 Å². The number of piperidine rings is 1. The zero-order valence-electron chi connectivity index (χ0n) is 17.5. The molecule has 5 rings (SSSR count). The molecule has 2 aromatic heterocycles. The van der Waals surface area contributed by atoms with Gasteiger partial charge in [-0.05, 0) is 56.2 Å². The lowest BCUT2D eigenvalue weighted by atomic mass is 9.91. The number of hydrogen-bond donors (Lipinski definition) is 0. The first-order valence-corrected chi connectivity index (χ1v) is 10.9. The summed E-state index contributed by atoms with van der Waals surface area (Å²) in [6.07, 6.45) is 9.73. The van der Waals surface area contributed by atoms with E-state index in [0.29, 0.717) is 11.8 Å². The second-order valence-electron chi connectivity index (χ2n) is 8.78. The van der Waals surface area contributed by atoms with E-state index in [1.165, 1.54) is 5.56 Å². The zero-order valence-corrected chi connectivity index (χ0v) is 17.5. The van der Waals surface area contributed by atoms with Crippen molar-refractivity contribution in [2.45, 2.75) is 44.6 Å². The second kappa shape index (κ2) is 7.71. The van der Waals surface area contributed by atoms with Crippen LogP contribution >= 0.6 is 0 Å². The third-order valence-electron chi connectivity index (χ3n) is 6.73. The monoisotopic (exact) mass is 400 g/mol. The molecule has 1 unspecified atom stereocenters. The smallest absolute Gasteiger partial charge is 0.233 e. The van der Waals surface area contributed by atoms with Gasteiger partial charge in [0.15, 0.2) is 0 Å². The largest absolute Gasteiger partial charge is 0.342 e. The molecule has 3 heterocycles. The lowest BCUT2D eigenvalue weighted by Gasteiger charge is -2.36. The van der Waals surface area contributed by atoms with Crippen LogP contribution in [0.25, 0.3) is 11.4 Å². The van der Waals surface area contributed by atoms with Crippen molar-refractivity contribution in [3.05, 3.63) is 72.3 Å². The number of nitrogens with zero attached hydrogens (tertiary/aromatic N) is 4. The van der Waals surface area contributed by atoms with E-state index in [4.69, 9.17) is 0 Å². The van der Waals surface area contributed by atoms with E-state index < -0.39 is 0 Å². The molecule has 3 aromatic rings. The summed E-state index contributed by atoms with van der Waals surface area (Å²) < 4.78 is 2.30. The van der Waals surface area contributed by atoms with Gasteiger partial charge in [0.25, 0.3) is 0 Å². The molecule has 2 fully saturated rings. The molecule has 1 aromatic carbocycles. The van der Waals surface area contributed by atoms with Crippen LogP contribution in [0.2, 0.25) is 0 Å². The molecule has 1 saturated carbocycles. The molecule has 1 saturated heterocycles. The van der Waals surface area contributed by atoms with Gasteiger partial charge in [-0.25, -0.2) is 4.98 Å². The fraction of sp³-hybridized carbons (Fsp3) is 0.400. The number of amides is 1. The van der Waals surface area contributed by atoms with E-state index in [0.717, 1.165) is 62.4 Å². The number of aromatic nitrogens is 3. The lowest BCUT2D eigenvalue weighted by Crippen LogP contribution is -2.45. The molecule has 1 amide bonds. The highest BCUT2D eigenvalue weighted by Gasteiger charge is 2.53. The summed E-state index contributed by atoms with van der Waals surface area (Å²) >= 11 is 0. The standard InChI is InChI=1S/C25H28N4O/c1-19-16-27-23(21-9-13-26-14-10-21)29(19)18-20-6-5-15-28(17-20)24(30)25(11-12-25)22-7-3-2-4-8-22/h2-4,7-10,13-14,16,20H,5-6,11-12,15,17-18H2,1H3. The topological polar surface area (TPSA) is 51.0 Å². The van der Waals surface area contributed by atoms with E-state index in [9.17, 15) is 4.79 Å². The van der Waals surface area contributed by atoms with Gasteiger partial charge in [-0.1, -0.05) is 30.3 Å². The minimum absolute atomic E-state index is 0.268. The number of rotatable bonds is 5. The summed E-state index contributed by atoms with van der Waals surface area (Å²) in [5.41, 5.74) is 3.16. The van der Waals surface area contributed by atoms with E-state index in [1.54, 1.807) is 0 Å². The summed E-state index contributed by atoms with van der Waals surface area (Å²) in [6, 6.07) is 14.4. The first kappa shape index (κ1) is 19.0. The third kappa shape index (κ3) is 3.42. The summed E-state index contributed by atoms with van der Waals surface area (Å²) in [5, 5.41) is 0. The molecule has 30 heavy (non-hydrogen) atoms. The molecule has 1 atom stereocenters. The number of imidazole rings is 1. The maximum absolute atomic E-state index is 13.5. The lowest BCUT2D eigenvalue weighted by molar-refractivity contribution is -0.135. The minimum Gasteiger partial charge on any atom is -0.342 e. The second-order valence-corrected chi connectivity index (χ2v) is 8.78. The van der Waals surface area contributed by atoms with Crippen LogP contribution in [-0.4, -0.2) is 38.4 Å². The van der Waals surface area contributed by atoms with Crippen LogP contribution in [0.3, 0.4) is 0 Å². The van der Waals surface area contributed by atoms with Crippen molar-refractivity contribution in [1.29, 1.82) is 0 Å². The Morgan fingerprint density at radius 2 is 1.90 bits per heavy atom. The number of hydrogen-bond acceptors (Lipinski definition) is 3. The summed E-state index contributed by atoms with van der Waals surface area (Å²) in [4.78, 5) is 24.4. The first-order chi connectivity index (χ1) is 14.7. The Labute approximate surface area is 177 Å². The molecule has 1 aliphatic heterocycles. The van der Waals surface area contributed by atoms with E-state index in [-0.39, 0.29) is 5.41 Å². The van der Waals surface area contributed by atoms with Gasteiger partial charge in [0.1, 0.15) is 5.82 Å². The van der Waals surface area contributed by atoms with Gasteiger partial charge in [0.05, 0.1) is 5.41 Å². The molecule has 0 bridgehead atoms. The Balaban J connectivity index is 1.33. The molecule has 0 spiro atoms. The fourth-order valence-corrected chi connectivity index (χ4v) is 4.89. The van der Waals surface area contributed by atoms with Gasteiger partial charge >= 0.3 is 0 Å². The van der Waals surface area contributed by atoms with Crippen molar-refractivity contribution in [2.24, 2.45) is 5.92 Å². The number of carbonyl (C=O) groups excluding carboxylic acids is 1. The van der Waals surface area contributed by atoms with Gasteiger partial charge < -0.3 is 9.47 Å². The van der Waals surface area contributed by atoms with Crippen LogP contribution in [-0.2, 0) is 16.8 Å². The Morgan fingerprint density at radius 1 is 1.13 bits per heavy atom. The normalized spacial score (nSPS) is 20.2. The summed E-state index contributed by atoms with van der Waals surface area (Å²) in [7, 11) is 0. The predicted octanol–water partition coefficient (Wildman–Crippen LogP) is 4.22. The Bertz CT molecular complexity index is 1020. The number of carbonyl (C=O) groups is 1. The Morgan fingerprint density at radius 3 is 2.63 bits per heavy atom. The van der Waals surface area contributed by atoms with Gasteiger partial charge in [0, 0.05) is 49.5 Å². The average molecular weight is 401 g/mol. The number of likely N-dealkylation sites (tertiary alicyclic amines) is 1. The maximum atomic E-state index is 13.5. The highest BCUT2D eigenvalue weighted by atomic mass is 16.2. The van der Waals surface area contributed by atoms with Gasteiger partial charge in [0.2, 0.25) is 5.91 Å². The van der Waals surface area contributed by atoms with Gasteiger partial charge in [-0.2, -0.15) is 0 Å². The Hall–Kier alpha value is -2.95. The van der Waals surface area contributed by atoms with Crippen molar-refractivity contribution >= 4 is 5.91 Å². The molecular weight excluding hydrogens is 372 g/mol. The zero-order chi connectivity index (χ0) is 20.6. The molecule has 0 radical (unpaired) electrons. The Kier molecular flexibility index (Phi) is 4.89. The van der Waals surface area contributed by atoms with Crippen LogP contribution in [0.5, 0.6) is 0 Å². The average Bonchev–Trinajstić information content (AvgIpc) is 3.54. The SMILES string of the molecule is Cc1cnc(-c2ccncc2)n1CC1CCCN(C(=O)C2(c3ccccc3)CC2)C1. The van der Waals surface area contributed by atoms with Crippen molar-refractivity contribution in [1.82, 2.24) is 19.4 Å². The van der Waals surface area contributed by atoms with Gasteiger partial charge in [-0.3, -0.25) is 9.78 Å². The van der Waals surface area contributed by atoms with Crippen molar-refractivity contribution in [3.8, 4) is 11.4 Å². The van der Waals surface area contributed by atoms with E-state index in [1.807, 2.05) is 48.9 Å². The third-order valence-corrected chi connectivity index (χ3v) is 6.73. The highest BCUT2D eigenvalue weighted by molar-refractivity contribution is 5.91. The van der Waals surface area contributed by atoms with Crippen molar-refractivity contribution in [2.75, 3.05) is 13.1 Å². The number of pyridine rings is 1. The molecule has 2 aliphatic rings. The molecular formula is C25H28N4O. The van der Waals surface area contributed by atoms with Crippen LogP contribution in [0.15, 0.2) is 61.1 Å². The molecule has 5 heteroatoms. The fourth-order valence-electron chi connectivity index (χ4n) is 4.89. The summed E-state index contributed by atoms with van der Waals surface area (Å²) in [5.74, 6) is 1.76. The van der Waals surface area contributed by atoms with E-state index in [2.05, 4.69) is 38.5 Å². The predicted molar refractivity (Wildman–Crippen MR) is 117 cm³/mol. The quantitative estimate of drug-likeness (QED) is 0.644. The van der Waals surface area contributed by atoms with Crippen LogP contribution < -0.4 is 0 Å². The molecule has 1 aliphatic carbocycles. The van der Waals surface area contributed by atoms with Crippen molar-refractivity contribution < 1.29 is 4.79 Å². The number of aryl methyl sites for hydroxylation is 1.